The predicted molar refractivity (Wildman–Crippen MR) is 130 cm³/mol. The second-order valence-electron chi connectivity index (χ2n) is 8.33. The zero-order chi connectivity index (χ0) is 23.5. The quantitative estimate of drug-likeness (QED) is 0.466. The molecule has 3 aromatic rings. The number of likely N-dealkylation sites (tertiary alicyclic amines) is 1. The molecule has 0 aromatic heterocycles. The Morgan fingerprint density at radius 1 is 1.06 bits per heavy atom. The average molecular weight is 456 g/mol. The molecule has 0 spiro atoms. The van der Waals surface area contributed by atoms with Gasteiger partial charge >= 0.3 is 5.97 Å². The van der Waals surface area contributed by atoms with Gasteiger partial charge in [0.1, 0.15) is 5.75 Å². The van der Waals surface area contributed by atoms with Crippen molar-refractivity contribution in [3.05, 3.63) is 89.8 Å². The normalized spacial score (nSPS) is 17.6. The molecule has 7 heteroatoms. The molecule has 0 radical (unpaired) electrons. The number of rotatable bonds is 5. The molecule has 34 heavy (non-hydrogen) atoms. The van der Waals surface area contributed by atoms with Crippen LogP contribution in [0.2, 0.25) is 0 Å². The molecular weight excluding hydrogens is 430 g/mol. The molecule has 0 unspecified atom stereocenters. The first-order chi connectivity index (χ1) is 16.6. The first-order valence-corrected chi connectivity index (χ1v) is 11.3. The lowest BCUT2D eigenvalue weighted by atomic mass is 10.0. The molecule has 1 fully saturated rings. The lowest BCUT2D eigenvalue weighted by Crippen LogP contribution is -2.43. The lowest BCUT2D eigenvalue weighted by Gasteiger charge is -2.31. The van der Waals surface area contributed by atoms with Crippen LogP contribution in [0, 0.1) is 0 Å². The Morgan fingerprint density at radius 2 is 1.79 bits per heavy atom. The van der Waals surface area contributed by atoms with Crippen molar-refractivity contribution in [3.8, 4) is 5.75 Å². The number of nitrogens with one attached hydrogen (secondary N) is 1. The standard InChI is InChI=1S/C27H25N3O4/c1-33-24-12-5-4-10-22(24)25(31)28-19-13-15-30(16-14-19)17-23-27(32)34-26(29-23)21-11-6-8-18-7-2-3-9-20(18)21/h2-12,17,19H,13-16H2,1H3,(H,28,31). The minimum Gasteiger partial charge on any atom is -0.496 e. The second kappa shape index (κ2) is 9.39. The number of amides is 1. The number of aliphatic imine (C=N–C) groups is 1. The summed E-state index contributed by atoms with van der Waals surface area (Å²) >= 11 is 0. The number of cyclic esters (lactones) is 1. The maximum atomic E-state index is 12.7. The number of para-hydroxylation sites is 1. The summed E-state index contributed by atoms with van der Waals surface area (Å²) in [7, 11) is 1.56. The summed E-state index contributed by atoms with van der Waals surface area (Å²) in [5.41, 5.74) is 1.62. The van der Waals surface area contributed by atoms with Gasteiger partial charge in [0.2, 0.25) is 5.90 Å². The van der Waals surface area contributed by atoms with Gasteiger partial charge in [-0.05, 0) is 41.8 Å². The van der Waals surface area contributed by atoms with Gasteiger partial charge < -0.3 is 19.7 Å². The fraction of sp³-hybridized carbons (Fsp3) is 0.222. The number of ether oxygens (including phenoxy) is 2. The molecule has 2 heterocycles. The van der Waals surface area contributed by atoms with Crippen LogP contribution in [0.15, 0.2) is 83.6 Å². The Morgan fingerprint density at radius 3 is 2.62 bits per heavy atom. The van der Waals surface area contributed by atoms with E-state index in [9.17, 15) is 9.59 Å². The summed E-state index contributed by atoms with van der Waals surface area (Å²) in [6.07, 6.45) is 3.29. The number of benzene rings is 3. The highest BCUT2D eigenvalue weighted by molar-refractivity contribution is 6.16. The maximum Gasteiger partial charge on any atom is 0.365 e. The molecule has 1 N–H and O–H groups in total. The van der Waals surface area contributed by atoms with Crippen molar-refractivity contribution in [1.82, 2.24) is 10.2 Å². The Hall–Kier alpha value is -4.13. The zero-order valence-corrected chi connectivity index (χ0v) is 18.9. The summed E-state index contributed by atoms with van der Waals surface area (Å²) < 4.78 is 10.8. The zero-order valence-electron chi connectivity index (χ0n) is 18.9. The van der Waals surface area contributed by atoms with Crippen LogP contribution in [0.1, 0.15) is 28.8 Å². The maximum absolute atomic E-state index is 12.7. The summed E-state index contributed by atoms with van der Waals surface area (Å²) in [5, 5.41) is 5.15. The van der Waals surface area contributed by atoms with Crippen molar-refractivity contribution in [1.29, 1.82) is 0 Å². The molecule has 7 nitrogen and oxygen atoms in total. The van der Waals surface area contributed by atoms with E-state index in [1.54, 1.807) is 25.4 Å². The van der Waals surface area contributed by atoms with Crippen molar-refractivity contribution in [2.75, 3.05) is 20.2 Å². The fourth-order valence-corrected chi connectivity index (χ4v) is 4.37. The highest BCUT2D eigenvalue weighted by atomic mass is 16.6. The molecule has 0 aliphatic carbocycles. The van der Waals surface area contributed by atoms with E-state index in [0.29, 0.717) is 36.0 Å². The number of piperidine rings is 1. The van der Waals surface area contributed by atoms with Crippen molar-refractivity contribution in [3.63, 3.8) is 0 Å². The van der Waals surface area contributed by atoms with Crippen LogP contribution in [-0.4, -0.2) is 48.9 Å². The van der Waals surface area contributed by atoms with Gasteiger partial charge in [0.15, 0.2) is 5.70 Å². The van der Waals surface area contributed by atoms with E-state index in [0.717, 1.165) is 29.2 Å². The van der Waals surface area contributed by atoms with Crippen molar-refractivity contribution < 1.29 is 19.1 Å². The van der Waals surface area contributed by atoms with Crippen LogP contribution in [0.25, 0.3) is 10.8 Å². The van der Waals surface area contributed by atoms with E-state index in [-0.39, 0.29) is 11.9 Å². The van der Waals surface area contributed by atoms with Crippen LogP contribution in [0.4, 0.5) is 0 Å². The minimum absolute atomic E-state index is 0.0531. The number of carbonyl (C=O) groups excluding carboxylic acids is 2. The molecule has 2 aliphatic heterocycles. The van der Waals surface area contributed by atoms with Crippen molar-refractivity contribution in [2.45, 2.75) is 18.9 Å². The van der Waals surface area contributed by atoms with Gasteiger partial charge in [-0.15, -0.1) is 0 Å². The van der Waals surface area contributed by atoms with E-state index in [1.807, 2.05) is 54.6 Å². The summed E-state index contributed by atoms with van der Waals surface area (Å²) in [5.74, 6) is 0.293. The number of carbonyl (C=O) groups is 2. The van der Waals surface area contributed by atoms with E-state index in [1.165, 1.54) is 0 Å². The smallest absolute Gasteiger partial charge is 0.365 e. The number of fused-ring (bicyclic) bond motifs is 1. The van der Waals surface area contributed by atoms with Crippen LogP contribution >= 0.6 is 0 Å². The van der Waals surface area contributed by atoms with E-state index >= 15 is 0 Å². The predicted octanol–water partition coefficient (Wildman–Crippen LogP) is 3.89. The molecular formula is C27H25N3O4. The number of hydrogen-bond acceptors (Lipinski definition) is 6. The monoisotopic (exact) mass is 455 g/mol. The van der Waals surface area contributed by atoms with Crippen LogP contribution < -0.4 is 10.1 Å². The van der Waals surface area contributed by atoms with Crippen LogP contribution in [-0.2, 0) is 9.53 Å². The summed E-state index contributed by atoms with van der Waals surface area (Å²) in [6.45, 7) is 1.40. The highest BCUT2D eigenvalue weighted by Gasteiger charge is 2.27. The van der Waals surface area contributed by atoms with Crippen molar-refractivity contribution >= 4 is 28.5 Å². The third kappa shape index (κ3) is 4.37. The molecule has 3 aromatic carbocycles. The van der Waals surface area contributed by atoms with Gasteiger partial charge in [-0.3, -0.25) is 4.79 Å². The summed E-state index contributed by atoms with van der Waals surface area (Å²) in [4.78, 5) is 31.7. The second-order valence-corrected chi connectivity index (χ2v) is 8.33. The molecule has 172 valence electrons. The van der Waals surface area contributed by atoms with Gasteiger partial charge in [0.25, 0.3) is 5.91 Å². The van der Waals surface area contributed by atoms with Crippen LogP contribution in [0.5, 0.6) is 5.75 Å². The minimum atomic E-state index is -0.450. The van der Waals surface area contributed by atoms with Gasteiger partial charge in [0, 0.05) is 30.9 Å². The number of hydrogen-bond donors (Lipinski definition) is 1. The van der Waals surface area contributed by atoms with E-state index in [4.69, 9.17) is 9.47 Å². The Balaban J connectivity index is 1.24. The SMILES string of the molecule is COc1ccccc1C(=O)NC1CCN(C=C2N=C(c3cccc4ccccc34)OC2=O)CC1. The summed E-state index contributed by atoms with van der Waals surface area (Å²) in [6, 6.07) is 21.0. The molecule has 1 amide bonds. The first kappa shape index (κ1) is 21.7. The van der Waals surface area contributed by atoms with E-state index < -0.39 is 5.97 Å². The number of esters is 1. The first-order valence-electron chi connectivity index (χ1n) is 11.3. The van der Waals surface area contributed by atoms with E-state index in [2.05, 4.69) is 15.2 Å². The van der Waals surface area contributed by atoms with Gasteiger partial charge in [0.05, 0.1) is 12.7 Å². The number of methoxy groups -OCH3 is 1. The van der Waals surface area contributed by atoms with Gasteiger partial charge in [-0.2, -0.15) is 0 Å². The molecule has 1 saturated heterocycles. The van der Waals surface area contributed by atoms with Crippen LogP contribution in [0.3, 0.4) is 0 Å². The Bertz CT molecular complexity index is 1300. The average Bonchev–Trinajstić information content (AvgIpc) is 3.24. The highest BCUT2D eigenvalue weighted by Crippen LogP contribution is 2.25. The molecule has 5 rings (SSSR count). The molecule has 0 saturated carbocycles. The molecule has 2 aliphatic rings. The molecule has 0 bridgehead atoms. The van der Waals surface area contributed by atoms with Crippen molar-refractivity contribution in [2.24, 2.45) is 4.99 Å². The largest absolute Gasteiger partial charge is 0.496 e. The van der Waals surface area contributed by atoms with Gasteiger partial charge in [-0.25, -0.2) is 9.79 Å². The number of nitrogens with zero attached hydrogens (tertiary/aromatic N) is 2. The topological polar surface area (TPSA) is 80.2 Å². The lowest BCUT2D eigenvalue weighted by molar-refractivity contribution is -0.130. The van der Waals surface area contributed by atoms with Gasteiger partial charge in [-0.1, -0.05) is 48.5 Å². The third-order valence-electron chi connectivity index (χ3n) is 6.16. The Kier molecular flexibility index (Phi) is 5.99. The third-order valence-corrected chi connectivity index (χ3v) is 6.16. The fourth-order valence-electron chi connectivity index (χ4n) is 4.37. The Labute approximate surface area is 197 Å². The molecule has 0 atom stereocenters.